The van der Waals surface area contributed by atoms with Crippen molar-refractivity contribution in [1.29, 1.82) is 0 Å². The number of nitrogens with zero attached hydrogens (tertiary/aromatic N) is 1. The van der Waals surface area contributed by atoms with Gasteiger partial charge in [0, 0.05) is 30.6 Å². The zero-order chi connectivity index (χ0) is 23.3. The van der Waals surface area contributed by atoms with E-state index < -0.39 is 0 Å². The summed E-state index contributed by atoms with van der Waals surface area (Å²) in [5, 5.41) is 1.50. The lowest BCUT2D eigenvalue weighted by Gasteiger charge is -2.09. The Balaban J connectivity index is 1.87. The van der Waals surface area contributed by atoms with E-state index in [4.69, 9.17) is 21.9 Å². The predicted octanol–water partition coefficient (Wildman–Crippen LogP) is 5.63. The molecule has 0 saturated heterocycles. The zero-order valence-corrected chi connectivity index (χ0v) is 20.0. The summed E-state index contributed by atoms with van der Waals surface area (Å²) in [6.45, 7) is 0. The molecule has 0 bridgehead atoms. The number of carbonyl (C=O) groups is 2. The van der Waals surface area contributed by atoms with Crippen molar-refractivity contribution in [3.8, 4) is 0 Å². The number of thiocarbonyl (C=S) groups is 1. The summed E-state index contributed by atoms with van der Waals surface area (Å²) in [5.41, 5.74) is 5.03. The molecule has 32 heavy (non-hydrogen) atoms. The van der Waals surface area contributed by atoms with E-state index in [0.717, 1.165) is 51.4 Å². The normalized spacial score (nSPS) is 10.9. The summed E-state index contributed by atoms with van der Waals surface area (Å²) in [6.07, 6.45) is 18.6. The van der Waals surface area contributed by atoms with Gasteiger partial charge in [-0.1, -0.05) is 87.6 Å². The van der Waals surface area contributed by atoms with Crippen LogP contribution in [0.15, 0.2) is 48.8 Å². The van der Waals surface area contributed by atoms with Gasteiger partial charge in [0.15, 0.2) is 0 Å². The lowest BCUT2D eigenvalue weighted by atomic mass is 10.1. The molecule has 0 aliphatic heterocycles. The van der Waals surface area contributed by atoms with E-state index >= 15 is 0 Å². The van der Waals surface area contributed by atoms with E-state index in [1.165, 1.54) is 22.7 Å². The number of hydroxylamine groups is 1. The van der Waals surface area contributed by atoms with Crippen molar-refractivity contribution in [1.82, 2.24) is 10.2 Å². The van der Waals surface area contributed by atoms with E-state index in [1.54, 1.807) is 36.6 Å². The van der Waals surface area contributed by atoms with E-state index in [0.29, 0.717) is 17.5 Å². The smallest absolute Gasteiger partial charge is 0.334 e. The number of carbonyl (C=O) groups excluding carboxylic acids is 2. The van der Waals surface area contributed by atoms with Crippen molar-refractivity contribution >= 4 is 41.7 Å². The third kappa shape index (κ3) is 15.3. The summed E-state index contributed by atoms with van der Waals surface area (Å²) in [4.78, 5) is 33.2. The topological polar surface area (TPSA) is 81.6 Å². The quantitative estimate of drug-likeness (QED) is 0.0922. The number of allylic oxidation sites excluding steroid dienone is 3. The maximum atomic E-state index is 11.7. The molecule has 0 atom stereocenters. The zero-order valence-electron chi connectivity index (χ0n) is 18.4. The number of unbranched alkanes of at least 4 members (excludes halogenated alkanes) is 8. The Kier molecular flexibility index (Phi) is 16.5. The number of rotatable bonds is 18. The van der Waals surface area contributed by atoms with Crippen molar-refractivity contribution in [3.63, 3.8) is 0 Å². The number of nitrogens with one attached hydrogen (secondary N) is 2. The monoisotopic (exact) mass is 479 g/mol. The van der Waals surface area contributed by atoms with Crippen LogP contribution in [0.2, 0.25) is 0 Å². The second kappa shape index (κ2) is 19.2. The number of aromatic nitrogens is 1. The Bertz CT molecular complexity index is 793. The molecule has 0 fully saturated rings. The first kappa shape index (κ1) is 27.5. The van der Waals surface area contributed by atoms with Crippen LogP contribution in [0, 0.1) is 4.64 Å². The van der Waals surface area contributed by atoms with Crippen LogP contribution in [0.5, 0.6) is 0 Å². The van der Waals surface area contributed by atoms with Gasteiger partial charge >= 0.3 is 11.9 Å². The molecule has 0 radical (unpaired) electrons. The highest BCUT2D eigenvalue weighted by atomic mass is 32.1. The van der Waals surface area contributed by atoms with Crippen LogP contribution in [0.25, 0.3) is 0 Å². The van der Waals surface area contributed by atoms with Crippen LogP contribution < -0.4 is 11.1 Å². The molecule has 1 rings (SSSR count). The van der Waals surface area contributed by atoms with E-state index in [-0.39, 0.29) is 11.9 Å². The molecule has 1 aromatic rings. The summed E-state index contributed by atoms with van der Waals surface area (Å²) >= 11 is 9.75. The van der Waals surface area contributed by atoms with Crippen LogP contribution in [-0.4, -0.2) is 22.0 Å². The van der Waals surface area contributed by atoms with Gasteiger partial charge in [0.1, 0.15) is 4.64 Å². The highest BCUT2D eigenvalue weighted by molar-refractivity contribution is 7.79. The van der Waals surface area contributed by atoms with Crippen LogP contribution in [0.3, 0.4) is 0 Å². The van der Waals surface area contributed by atoms with Crippen LogP contribution >= 0.6 is 24.4 Å². The van der Waals surface area contributed by atoms with Crippen LogP contribution in [0.1, 0.15) is 70.6 Å². The molecule has 1 aromatic heterocycles. The van der Waals surface area contributed by atoms with Gasteiger partial charge in [0.25, 0.3) is 0 Å². The van der Waals surface area contributed by atoms with Gasteiger partial charge in [0.05, 0.1) is 0 Å². The molecule has 2 N–H and O–H groups in total. The van der Waals surface area contributed by atoms with Gasteiger partial charge in [-0.3, -0.25) is 0 Å². The fourth-order valence-electron chi connectivity index (χ4n) is 2.79. The second-order valence-corrected chi connectivity index (χ2v) is 7.82. The van der Waals surface area contributed by atoms with Gasteiger partial charge in [-0.2, -0.15) is 5.59 Å². The maximum absolute atomic E-state index is 11.7. The van der Waals surface area contributed by atoms with Crippen molar-refractivity contribution in [2.45, 2.75) is 70.6 Å². The summed E-state index contributed by atoms with van der Waals surface area (Å²) in [7, 11) is 0. The Hall–Kier alpha value is -2.52. The molecular formula is C23H33N3O4S2. The first-order chi connectivity index (χ1) is 15.6. The van der Waals surface area contributed by atoms with E-state index in [9.17, 15) is 9.59 Å². The Morgan fingerprint density at radius 1 is 0.844 bits per heavy atom. The van der Waals surface area contributed by atoms with Crippen molar-refractivity contribution in [2.24, 2.45) is 0 Å². The number of pyridine rings is 1. The number of hydrogen-bond acceptors (Lipinski definition) is 8. The van der Waals surface area contributed by atoms with Gasteiger partial charge in [-0.15, -0.1) is 0 Å². The molecule has 0 aliphatic rings. The number of hydrogen-bond donors (Lipinski definition) is 2. The lowest BCUT2D eigenvalue weighted by Crippen LogP contribution is -2.20. The Labute approximate surface area is 200 Å². The summed E-state index contributed by atoms with van der Waals surface area (Å²) in [6, 6.07) is 5.36. The highest BCUT2D eigenvalue weighted by Gasteiger charge is 2.04. The molecule has 0 spiro atoms. The first-order valence-corrected chi connectivity index (χ1v) is 11.9. The minimum atomic E-state index is -0.289. The lowest BCUT2D eigenvalue weighted by molar-refractivity contribution is -0.149. The molecule has 0 aliphatic carbocycles. The van der Waals surface area contributed by atoms with Crippen LogP contribution in [0.4, 0.5) is 0 Å². The van der Waals surface area contributed by atoms with Crippen molar-refractivity contribution in [3.05, 3.63) is 53.5 Å². The van der Waals surface area contributed by atoms with Crippen molar-refractivity contribution < 1.29 is 19.3 Å². The SMILES string of the molecule is O=C(CCCCCCCCCCCC(=O)ONn1ccccc1=S)ON/C=C\C=C/C=S. The second-order valence-electron chi connectivity index (χ2n) is 7.13. The summed E-state index contributed by atoms with van der Waals surface area (Å²) in [5.74, 6) is -0.544. The molecule has 1 heterocycles. The molecule has 0 aromatic carbocycles. The maximum Gasteiger partial charge on any atom is 0.334 e. The van der Waals surface area contributed by atoms with Crippen molar-refractivity contribution in [2.75, 3.05) is 5.59 Å². The molecule has 7 nitrogen and oxygen atoms in total. The average molecular weight is 480 g/mol. The van der Waals surface area contributed by atoms with Gasteiger partial charge in [-0.05, 0) is 31.1 Å². The average Bonchev–Trinajstić information content (AvgIpc) is 2.79. The Morgan fingerprint density at radius 2 is 1.44 bits per heavy atom. The third-order valence-corrected chi connectivity index (χ3v) is 4.97. The van der Waals surface area contributed by atoms with E-state index in [2.05, 4.69) is 23.3 Å². The molecular weight excluding hydrogens is 446 g/mol. The van der Waals surface area contributed by atoms with Crippen LogP contribution in [-0.2, 0) is 19.3 Å². The van der Waals surface area contributed by atoms with Gasteiger partial charge in [0.2, 0.25) is 0 Å². The fourth-order valence-corrected chi connectivity index (χ4v) is 3.05. The molecule has 0 unspecified atom stereocenters. The third-order valence-electron chi connectivity index (χ3n) is 4.48. The first-order valence-electron chi connectivity index (χ1n) is 11.0. The summed E-state index contributed by atoms with van der Waals surface area (Å²) < 4.78 is 2.02. The molecule has 176 valence electrons. The highest BCUT2D eigenvalue weighted by Crippen LogP contribution is 2.11. The largest absolute Gasteiger partial charge is 0.344 e. The molecule has 0 saturated carbocycles. The van der Waals surface area contributed by atoms with Gasteiger partial charge in [-0.25, -0.2) is 19.7 Å². The van der Waals surface area contributed by atoms with E-state index in [1.807, 2.05) is 6.07 Å². The Morgan fingerprint density at radius 3 is 2.03 bits per heavy atom. The standard InChI is InChI=1S/C23H33N3O4S2/c27-22(29-24-18-12-8-14-20-31)16-9-6-4-2-1-3-5-7-10-17-23(28)30-25-26-19-13-11-15-21(26)32/h8,11-15,18-20,24-25H,1-7,9-10,16-17H2/b14-8-,18-12-. The molecule has 9 heteroatoms. The molecule has 0 amide bonds. The fraction of sp³-hybridized carbons (Fsp3) is 0.478. The minimum absolute atomic E-state index is 0.255. The minimum Gasteiger partial charge on any atom is -0.344 e. The predicted molar refractivity (Wildman–Crippen MR) is 133 cm³/mol. The van der Waals surface area contributed by atoms with Gasteiger partial charge < -0.3 is 9.68 Å².